The van der Waals surface area contributed by atoms with Gasteiger partial charge in [0.1, 0.15) is 18.5 Å². The molecule has 1 heterocycles. The van der Waals surface area contributed by atoms with Crippen molar-refractivity contribution in [3.05, 3.63) is 28.7 Å². The number of halogens is 1. The first-order valence-corrected chi connectivity index (χ1v) is 6.90. The number of hydrogen-bond acceptors (Lipinski definition) is 4. The van der Waals surface area contributed by atoms with Gasteiger partial charge in [-0.25, -0.2) is 0 Å². The van der Waals surface area contributed by atoms with Crippen molar-refractivity contribution in [2.24, 2.45) is 0 Å². The lowest BCUT2D eigenvalue weighted by molar-refractivity contribution is 0.00459. The SMILES string of the molecule is OC(COc1ccccc1Br)CN1CCOCC1. The third-order valence-electron chi connectivity index (χ3n) is 2.84. The van der Waals surface area contributed by atoms with Gasteiger partial charge in [0.25, 0.3) is 0 Å². The van der Waals surface area contributed by atoms with E-state index < -0.39 is 6.10 Å². The third kappa shape index (κ3) is 4.24. The lowest BCUT2D eigenvalue weighted by Gasteiger charge is -2.28. The van der Waals surface area contributed by atoms with E-state index in [9.17, 15) is 5.11 Å². The minimum Gasteiger partial charge on any atom is -0.490 e. The zero-order valence-corrected chi connectivity index (χ0v) is 11.8. The van der Waals surface area contributed by atoms with Crippen LogP contribution in [0.5, 0.6) is 5.75 Å². The molecule has 18 heavy (non-hydrogen) atoms. The number of aliphatic hydroxyl groups excluding tert-OH is 1. The molecular formula is C13H18BrNO3. The van der Waals surface area contributed by atoms with E-state index in [0.29, 0.717) is 13.2 Å². The molecule has 4 nitrogen and oxygen atoms in total. The summed E-state index contributed by atoms with van der Waals surface area (Å²) in [6.07, 6.45) is -0.477. The van der Waals surface area contributed by atoms with Gasteiger partial charge in [-0.3, -0.25) is 4.90 Å². The van der Waals surface area contributed by atoms with Crippen LogP contribution in [0.4, 0.5) is 0 Å². The lowest BCUT2D eigenvalue weighted by atomic mass is 10.3. The molecule has 1 aliphatic rings. The third-order valence-corrected chi connectivity index (χ3v) is 3.50. The van der Waals surface area contributed by atoms with E-state index in [0.717, 1.165) is 36.5 Å². The molecule has 5 heteroatoms. The van der Waals surface area contributed by atoms with Crippen molar-refractivity contribution >= 4 is 15.9 Å². The number of ether oxygens (including phenoxy) is 2. The first-order valence-electron chi connectivity index (χ1n) is 6.11. The molecule has 0 aliphatic carbocycles. The van der Waals surface area contributed by atoms with Crippen molar-refractivity contribution in [1.29, 1.82) is 0 Å². The molecule has 1 N–H and O–H groups in total. The number of aliphatic hydroxyl groups is 1. The van der Waals surface area contributed by atoms with Crippen molar-refractivity contribution in [3.8, 4) is 5.75 Å². The summed E-state index contributed by atoms with van der Waals surface area (Å²) >= 11 is 3.41. The first-order chi connectivity index (χ1) is 8.75. The fourth-order valence-corrected chi connectivity index (χ4v) is 2.28. The van der Waals surface area contributed by atoms with Crippen LogP contribution in [0.2, 0.25) is 0 Å². The second kappa shape index (κ2) is 7.09. The average Bonchev–Trinajstić information content (AvgIpc) is 2.39. The zero-order valence-electron chi connectivity index (χ0n) is 10.2. The Labute approximate surface area is 116 Å². The van der Waals surface area contributed by atoms with E-state index in [2.05, 4.69) is 20.8 Å². The Hall–Kier alpha value is -0.620. The van der Waals surface area contributed by atoms with Gasteiger partial charge in [-0.15, -0.1) is 0 Å². The van der Waals surface area contributed by atoms with E-state index >= 15 is 0 Å². The van der Waals surface area contributed by atoms with E-state index in [-0.39, 0.29) is 0 Å². The maximum absolute atomic E-state index is 9.93. The highest BCUT2D eigenvalue weighted by atomic mass is 79.9. The Morgan fingerprint density at radius 2 is 2.06 bits per heavy atom. The molecule has 0 saturated carbocycles. The Morgan fingerprint density at radius 3 is 2.78 bits per heavy atom. The van der Waals surface area contributed by atoms with Crippen LogP contribution in [0.15, 0.2) is 28.7 Å². The summed E-state index contributed by atoms with van der Waals surface area (Å²) in [5.74, 6) is 0.763. The van der Waals surface area contributed by atoms with Gasteiger partial charge in [0.2, 0.25) is 0 Å². The smallest absolute Gasteiger partial charge is 0.133 e. The van der Waals surface area contributed by atoms with Crippen molar-refractivity contribution in [3.63, 3.8) is 0 Å². The molecule has 2 rings (SSSR count). The van der Waals surface area contributed by atoms with Crippen LogP contribution in [0, 0.1) is 0 Å². The summed E-state index contributed by atoms with van der Waals surface area (Å²) in [5.41, 5.74) is 0. The van der Waals surface area contributed by atoms with Gasteiger partial charge >= 0.3 is 0 Å². The van der Waals surface area contributed by atoms with Crippen molar-refractivity contribution in [1.82, 2.24) is 4.90 Å². The molecule has 0 radical (unpaired) electrons. The summed E-state index contributed by atoms with van der Waals surface area (Å²) in [5, 5.41) is 9.93. The molecule has 1 atom stereocenters. The highest BCUT2D eigenvalue weighted by molar-refractivity contribution is 9.10. The van der Waals surface area contributed by atoms with Gasteiger partial charge in [-0.2, -0.15) is 0 Å². The highest BCUT2D eigenvalue weighted by Gasteiger charge is 2.15. The highest BCUT2D eigenvalue weighted by Crippen LogP contribution is 2.23. The molecular weight excluding hydrogens is 298 g/mol. The quantitative estimate of drug-likeness (QED) is 0.894. The summed E-state index contributed by atoms with van der Waals surface area (Å²) in [6.45, 7) is 4.20. The average molecular weight is 316 g/mol. The van der Waals surface area contributed by atoms with Crippen LogP contribution in [0.3, 0.4) is 0 Å². The molecule has 0 amide bonds. The van der Waals surface area contributed by atoms with Crippen LogP contribution in [0.1, 0.15) is 0 Å². The van der Waals surface area contributed by atoms with Crippen LogP contribution in [0.25, 0.3) is 0 Å². The molecule has 1 aromatic carbocycles. The van der Waals surface area contributed by atoms with Crippen LogP contribution >= 0.6 is 15.9 Å². The maximum atomic E-state index is 9.93. The number of rotatable bonds is 5. The van der Waals surface area contributed by atoms with Crippen LogP contribution in [-0.2, 0) is 4.74 Å². The molecule has 0 aromatic heterocycles. The predicted octanol–water partition coefficient (Wildman–Crippen LogP) is 1.52. The Kier molecular flexibility index (Phi) is 5.44. The number of nitrogens with zero attached hydrogens (tertiary/aromatic N) is 1. The number of benzene rings is 1. The van der Waals surface area contributed by atoms with Crippen LogP contribution < -0.4 is 4.74 Å². The number of morpholine rings is 1. The second-order valence-electron chi connectivity index (χ2n) is 4.31. The van der Waals surface area contributed by atoms with Crippen molar-refractivity contribution < 1.29 is 14.6 Å². The second-order valence-corrected chi connectivity index (χ2v) is 5.16. The Balaban J connectivity index is 1.74. The molecule has 1 fully saturated rings. The number of hydrogen-bond donors (Lipinski definition) is 1. The summed E-state index contributed by atoms with van der Waals surface area (Å²) in [7, 11) is 0. The molecule has 0 bridgehead atoms. The minimum absolute atomic E-state index is 0.306. The maximum Gasteiger partial charge on any atom is 0.133 e. The minimum atomic E-state index is -0.477. The van der Waals surface area contributed by atoms with Gasteiger partial charge in [0, 0.05) is 19.6 Å². The number of para-hydroxylation sites is 1. The standard InChI is InChI=1S/C13H18BrNO3/c14-12-3-1-2-4-13(12)18-10-11(16)9-15-5-7-17-8-6-15/h1-4,11,16H,5-10H2. The number of β-amino-alcohol motifs (C(OH)–C–C–N with tert-alkyl or cyclic N) is 1. The molecule has 0 spiro atoms. The van der Waals surface area contributed by atoms with E-state index in [1.165, 1.54) is 0 Å². The van der Waals surface area contributed by atoms with Crippen LogP contribution in [-0.4, -0.2) is 55.6 Å². The van der Waals surface area contributed by atoms with Crippen molar-refractivity contribution in [2.75, 3.05) is 39.5 Å². The van der Waals surface area contributed by atoms with Gasteiger partial charge in [-0.05, 0) is 28.1 Å². The largest absolute Gasteiger partial charge is 0.490 e. The molecule has 1 aliphatic heterocycles. The van der Waals surface area contributed by atoms with Gasteiger partial charge in [0.05, 0.1) is 17.7 Å². The van der Waals surface area contributed by atoms with E-state index in [4.69, 9.17) is 9.47 Å². The van der Waals surface area contributed by atoms with Gasteiger partial charge < -0.3 is 14.6 Å². The van der Waals surface area contributed by atoms with Gasteiger partial charge in [-0.1, -0.05) is 12.1 Å². The normalized spacial score (nSPS) is 18.6. The fraction of sp³-hybridized carbons (Fsp3) is 0.538. The monoisotopic (exact) mass is 315 g/mol. The fourth-order valence-electron chi connectivity index (χ4n) is 1.88. The summed E-state index contributed by atoms with van der Waals surface area (Å²) in [6, 6.07) is 7.64. The summed E-state index contributed by atoms with van der Waals surface area (Å²) in [4.78, 5) is 2.19. The van der Waals surface area contributed by atoms with E-state index in [1.54, 1.807) is 0 Å². The summed E-state index contributed by atoms with van der Waals surface area (Å²) < 4.78 is 11.8. The van der Waals surface area contributed by atoms with Crippen molar-refractivity contribution in [2.45, 2.75) is 6.10 Å². The van der Waals surface area contributed by atoms with Gasteiger partial charge in [0.15, 0.2) is 0 Å². The Morgan fingerprint density at radius 1 is 1.33 bits per heavy atom. The van der Waals surface area contributed by atoms with E-state index in [1.807, 2.05) is 24.3 Å². The Bertz CT molecular complexity index is 369. The lowest BCUT2D eigenvalue weighted by Crippen LogP contribution is -2.42. The molecule has 1 unspecified atom stereocenters. The predicted molar refractivity (Wildman–Crippen MR) is 72.9 cm³/mol. The first kappa shape index (κ1) is 13.8. The molecule has 1 aromatic rings. The molecule has 1 saturated heterocycles. The molecule has 100 valence electrons. The topological polar surface area (TPSA) is 41.9 Å². The zero-order chi connectivity index (χ0) is 12.8.